The third-order valence-corrected chi connectivity index (χ3v) is 4.07. The van der Waals surface area contributed by atoms with Gasteiger partial charge in [-0.05, 0) is 54.8 Å². The number of benzene rings is 2. The van der Waals surface area contributed by atoms with Crippen molar-refractivity contribution in [3.63, 3.8) is 0 Å². The Bertz CT molecular complexity index is 799. The summed E-state index contributed by atoms with van der Waals surface area (Å²) in [5, 5.41) is 5.89. The van der Waals surface area contributed by atoms with Crippen LogP contribution in [0.3, 0.4) is 0 Å². The molecule has 140 valence electrons. The molecule has 0 fully saturated rings. The van der Waals surface area contributed by atoms with E-state index in [1.54, 1.807) is 12.3 Å². The molecule has 0 atom stereocenters. The molecule has 5 heteroatoms. The lowest BCUT2D eigenvalue weighted by Gasteiger charge is -2.09. The first-order valence-electron chi connectivity index (χ1n) is 9.09. The first-order chi connectivity index (χ1) is 13.3. The van der Waals surface area contributed by atoms with Gasteiger partial charge in [-0.25, -0.2) is 0 Å². The number of ether oxygens (including phenoxy) is 1. The van der Waals surface area contributed by atoms with Gasteiger partial charge in [0.15, 0.2) is 0 Å². The van der Waals surface area contributed by atoms with E-state index in [2.05, 4.69) is 34.9 Å². The second-order valence-electron chi connectivity index (χ2n) is 6.17. The molecule has 0 unspecified atom stereocenters. The lowest BCUT2D eigenvalue weighted by molar-refractivity contribution is -0.119. The first-order valence-corrected chi connectivity index (χ1v) is 9.09. The van der Waals surface area contributed by atoms with E-state index >= 15 is 0 Å². The van der Waals surface area contributed by atoms with Crippen molar-refractivity contribution < 1.29 is 13.9 Å². The van der Waals surface area contributed by atoms with Crippen molar-refractivity contribution >= 4 is 11.6 Å². The Morgan fingerprint density at radius 2 is 1.78 bits per heavy atom. The van der Waals surface area contributed by atoms with Gasteiger partial charge in [0.25, 0.3) is 0 Å². The predicted octanol–water partition coefficient (Wildman–Crippen LogP) is 4.02. The van der Waals surface area contributed by atoms with E-state index in [1.807, 2.05) is 36.4 Å². The first kappa shape index (κ1) is 18.6. The number of aryl methyl sites for hydroxylation is 1. The molecule has 0 aliphatic carbocycles. The summed E-state index contributed by atoms with van der Waals surface area (Å²) in [6, 6.07) is 21.7. The van der Waals surface area contributed by atoms with Crippen LogP contribution < -0.4 is 15.4 Å². The highest BCUT2D eigenvalue weighted by Crippen LogP contribution is 2.16. The predicted molar refractivity (Wildman–Crippen MR) is 106 cm³/mol. The molecule has 0 spiro atoms. The number of furan rings is 1. The van der Waals surface area contributed by atoms with Crippen LogP contribution in [0.4, 0.5) is 5.69 Å². The highest BCUT2D eigenvalue weighted by atomic mass is 16.5. The van der Waals surface area contributed by atoms with Gasteiger partial charge in [0, 0.05) is 5.69 Å². The van der Waals surface area contributed by atoms with Crippen LogP contribution in [0.15, 0.2) is 77.4 Å². The fourth-order valence-corrected chi connectivity index (χ4v) is 2.62. The summed E-state index contributed by atoms with van der Waals surface area (Å²) in [7, 11) is 0. The molecule has 27 heavy (non-hydrogen) atoms. The van der Waals surface area contributed by atoms with Gasteiger partial charge in [0.1, 0.15) is 11.5 Å². The average molecular weight is 364 g/mol. The van der Waals surface area contributed by atoms with Crippen LogP contribution in [0.2, 0.25) is 0 Å². The molecule has 1 amide bonds. The maximum atomic E-state index is 11.8. The van der Waals surface area contributed by atoms with Crippen molar-refractivity contribution in [1.29, 1.82) is 0 Å². The van der Waals surface area contributed by atoms with Crippen molar-refractivity contribution in [3.05, 3.63) is 84.3 Å². The van der Waals surface area contributed by atoms with E-state index in [1.165, 1.54) is 5.56 Å². The molecule has 5 nitrogen and oxygen atoms in total. The Morgan fingerprint density at radius 1 is 0.963 bits per heavy atom. The molecule has 2 N–H and O–H groups in total. The SMILES string of the molecule is O=C(CNc1ccc(OCCCc2ccccc2)cc1)NCc1ccco1. The largest absolute Gasteiger partial charge is 0.494 e. The molecule has 0 radical (unpaired) electrons. The van der Waals surface area contributed by atoms with Crippen molar-refractivity contribution in [1.82, 2.24) is 5.32 Å². The zero-order valence-corrected chi connectivity index (χ0v) is 15.2. The number of carbonyl (C=O) groups excluding carboxylic acids is 1. The summed E-state index contributed by atoms with van der Waals surface area (Å²) in [5.74, 6) is 1.47. The van der Waals surface area contributed by atoms with E-state index in [9.17, 15) is 4.79 Å². The third-order valence-electron chi connectivity index (χ3n) is 4.07. The Kier molecular flexibility index (Phi) is 6.92. The highest BCUT2D eigenvalue weighted by molar-refractivity contribution is 5.80. The monoisotopic (exact) mass is 364 g/mol. The maximum absolute atomic E-state index is 11.8. The van der Waals surface area contributed by atoms with Crippen molar-refractivity contribution in [2.24, 2.45) is 0 Å². The fourth-order valence-electron chi connectivity index (χ4n) is 2.62. The molecule has 3 aromatic rings. The summed E-state index contributed by atoms with van der Waals surface area (Å²) in [6.45, 7) is 1.28. The lowest BCUT2D eigenvalue weighted by Crippen LogP contribution is -2.29. The average Bonchev–Trinajstić information content (AvgIpc) is 3.23. The van der Waals surface area contributed by atoms with Crippen molar-refractivity contribution in [3.8, 4) is 5.75 Å². The van der Waals surface area contributed by atoms with Crippen LogP contribution in [0.1, 0.15) is 17.7 Å². The molecule has 3 rings (SSSR count). The number of carbonyl (C=O) groups is 1. The zero-order chi connectivity index (χ0) is 18.7. The van der Waals surface area contributed by atoms with Crippen LogP contribution in [0.25, 0.3) is 0 Å². The molecule has 1 heterocycles. The molecule has 0 saturated carbocycles. The molecule has 2 aromatic carbocycles. The molecule has 0 saturated heterocycles. The molecule has 1 aromatic heterocycles. The van der Waals surface area contributed by atoms with E-state index in [4.69, 9.17) is 9.15 Å². The fraction of sp³-hybridized carbons (Fsp3) is 0.227. The van der Waals surface area contributed by atoms with Crippen LogP contribution in [0.5, 0.6) is 5.75 Å². The van der Waals surface area contributed by atoms with Gasteiger partial charge in [-0.15, -0.1) is 0 Å². The van der Waals surface area contributed by atoms with Crippen LogP contribution in [-0.4, -0.2) is 19.1 Å². The minimum Gasteiger partial charge on any atom is -0.494 e. The molecule has 0 aliphatic heterocycles. The quantitative estimate of drug-likeness (QED) is 0.533. The Morgan fingerprint density at radius 3 is 2.52 bits per heavy atom. The van der Waals surface area contributed by atoms with Crippen LogP contribution in [-0.2, 0) is 17.8 Å². The number of hydrogen-bond donors (Lipinski definition) is 2. The number of rotatable bonds is 10. The second-order valence-corrected chi connectivity index (χ2v) is 6.17. The van der Waals surface area contributed by atoms with Crippen LogP contribution >= 0.6 is 0 Å². The van der Waals surface area contributed by atoms with Gasteiger partial charge in [-0.2, -0.15) is 0 Å². The standard InChI is InChI=1S/C22H24N2O3/c25-22(24-16-21-9-5-15-27-21)17-23-19-10-12-20(13-11-19)26-14-4-8-18-6-2-1-3-7-18/h1-3,5-7,9-13,15,23H,4,8,14,16-17H2,(H,24,25). The number of hydrogen-bond acceptors (Lipinski definition) is 4. The van der Waals surface area contributed by atoms with E-state index in [0.29, 0.717) is 13.2 Å². The van der Waals surface area contributed by atoms with Gasteiger partial charge in [0.05, 0.1) is 26.0 Å². The molecular formula is C22H24N2O3. The molecule has 0 bridgehead atoms. The number of nitrogens with one attached hydrogen (secondary N) is 2. The van der Waals surface area contributed by atoms with Crippen LogP contribution in [0, 0.1) is 0 Å². The normalized spacial score (nSPS) is 10.4. The van der Waals surface area contributed by atoms with Gasteiger partial charge in [-0.3, -0.25) is 4.79 Å². The maximum Gasteiger partial charge on any atom is 0.239 e. The lowest BCUT2D eigenvalue weighted by atomic mass is 10.1. The molecular weight excluding hydrogens is 340 g/mol. The highest BCUT2D eigenvalue weighted by Gasteiger charge is 2.03. The molecule has 0 aliphatic rings. The van der Waals surface area contributed by atoms with E-state index < -0.39 is 0 Å². The smallest absolute Gasteiger partial charge is 0.239 e. The van der Waals surface area contributed by atoms with Gasteiger partial charge >= 0.3 is 0 Å². The summed E-state index contributed by atoms with van der Waals surface area (Å²) in [5.41, 5.74) is 2.20. The van der Waals surface area contributed by atoms with Gasteiger partial charge in [0.2, 0.25) is 5.91 Å². The Hall–Kier alpha value is -3.21. The minimum atomic E-state index is -0.0901. The van der Waals surface area contributed by atoms with E-state index in [0.717, 1.165) is 30.0 Å². The van der Waals surface area contributed by atoms with Gasteiger partial charge in [-0.1, -0.05) is 30.3 Å². The van der Waals surface area contributed by atoms with Crippen molar-refractivity contribution in [2.45, 2.75) is 19.4 Å². The topological polar surface area (TPSA) is 63.5 Å². The minimum absolute atomic E-state index is 0.0901. The summed E-state index contributed by atoms with van der Waals surface area (Å²) in [6.07, 6.45) is 3.57. The summed E-state index contributed by atoms with van der Waals surface area (Å²) >= 11 is 0. The van der Waals surface area contributed by atoms with Crippen molar-refractivity contribution in [2.75, 3.05) is 18.5 Å². The second kappa shape index (κ2) is 10.1. The van der Waals surface area contributed by atoms with Gasteiger partial charge < -0.3 is 19.8 Å². The zero-order valence-electron chi connectivity index (χ0n) is 15.2. The number of anilines is 1. The Balaban J connectivity index is 1.32. The number of amides is 1. The third kappa shape index (κ3) is 6.55. The Labute approximate surface area is 159 Å². The summed E-state index contributed by atoms with van der Waals surface area (Å²) in [4.78, 5) is 11.8. The van der Waals surface area contributed by atoms with E-state index in [-0.39, 0.29) is 12.5 Å². The summed E-state index contributed by atoms with van der Waals surface area (Å²) < 4.78 is 10.9.